The van der Waals surface area contributed by atoms with Crippen molar-refractivity contribution in [3.63, 3.8) is 0 Å². The fraction of sp³-hybridized carbons (Fsp3) is 0.538. The number of aliphatic hydroxyl groups is 1. The maximum Gasteiger partial charge on any atom is 0.416 e. The van der Waals surface area contributed by atoms with E-state index in [1.807, 2.05) is 0 Å². The standard InChI is InChI=1S/C13H18F3NO2/c1-17(8-11(18)9-19-2)7-10-5-3-4-6-12(10)13(14,15)16/h3-6,11,18H,7-9H2,1-2H3. The van der Waals surface area contributed by atoms with Crippen molar-refractivity contribution in [3.05, 3.63) is 35.4 Å². The lowest BCUT2D eigenvalue weighted by Gasteiger charge is -2.22. The van der Waals surface area contributed by atoms with Gasteiger partial charge in [0.15, 0.2) is 0 Å². The number of halogens is 3. The molecule has 0 spiro atoms. The Labute approximate surface area is 110 Å². The second-order valence-electron chi connectivity index (χ2n) is 4.46. The molecule has 0 saturated heterocycles. The van der Waals surface area contributed by atoms with Gasteiger partial charge in [0.1, 0.15) is 0 Å². The van der Waals surface area contributed by atoms with Crippen molar-refractivity contribution in [1.82, 2.24) is 4.90 Å². The lowest BCUT2D eigenvalue weighted by atomic mass is 10.1. The van der Waals surface area contributed by atoms with E-state index in [9.17, 15) is 18.3 Å². The monoisotopic (exact) mass is 277 g/mol. The van der Waals surface area contributed by atoms with Gasteiger partial charge >= 0.3 is 6.18 Å². The number of nitrogens with zero attached hydrogens (tertiary/aromatic N) is 1. The third-order valence-electron chi connectivity index (χ3n) is 2.64. The predicted molar refractivity (Wildman–Crippen MR) is 65.7 cm³/mol. The first kappa shape index (κ1) is 15.9. The summed E-state index contributed by atoms with van der Waals surface area (Å²) in [6.07, 6.45) is -5.07. The van der Waals surface area contributed by atoms with Crippen LogP contribution in [-0.4, -0.2) is 43.4 Å². The second kappa shape index (κ2) is 6.88. The predicted octanol–water partition coefficient (Wildman–Crippen LogP) is 2.14. The van der Waals surface area contributed by atoms with Gasteiger partial charge in [-0.2, -0.15) is 13.2 Å². The van der Waals surface area contributed by atoms with Crippen LogP contribution in [0.2, 0.25) is 0 Å². The Morgan fingerprint density at radius 1 is 1.32 bits per heavy atom. The van der Waals surface area contributed by atoms with E-state index >= 15 is 0 Å². The molecular formula is C13H18F3NO2. The molecule has 0 aliphatic rings. The molecule has 19 heavy (non-hydrogen) atoms. The quantitative estimate of drug-likeness (QED) is 0.864. The Bertz CT molecular complexity index is 396. The number of hydrogen-bond acceptors (Lipinski definition) is 3. The Hall–Kier alpha value is -1.11. The molecule has 0 aliphatic heterocycles. The van der Waals surface area contributed by atoms with Crippen molar-refractivity contribution >= 4 is 0 Å². The molecule has 6 heteroatoms. The number of methoxy groups -OCH3 is 1. The minimum atomic E-state index is -4.36. The zero-order chi connectivity index (χ0) is 14.5. The first-order valence-corrected chi connectivity index (χ1v) is 5.85. The van der Waals surface area contributed by atoms with Gasteiger partial charge in [-0.15, -0.1) is 0 Å². The topological polar surface area (TPSA) is 32.7 Å². The van der Waals surface area contributed by atoms with E-state index in [0.717, 1.165) is 6.07 Å². The molecule has 1 unspecified atom stereocenters. The van der Waals surface area contributed by atoms with Gasteiger partial charge < -0.3 is 9.84 Å². The Balaban J connectivity index is 2.72. The number of benzene rings is 1. The van der Waals surface area contributed by atoms with Crippen LogP contribution >= 0.6 is 0 Å². The Kier molecular flexibility index (Phi) is 5.78. The summed E-state index contributed by atoms with van der Waals surface area (Å²) in [4.78, 5) is 1.63. The number of hydrogen-bond donors (Lipinski definition) is 1. The van der Waals surface area contributed by atoms with Gasteiger partial charge in [-0.1, -0.05) is 18.2 Å². The number of aliphatic hydroxyl groups excluding tert-OH is 1. The highest BCUT2D eigenvalue weighted by molar-refractivity contribution is 5.29. The summed E-state index contributed by atoms with van der Waals surface area (Å²) >= 11 is 0. The lowest BCUT2D eigenvalue weighted by molar-refractivity contribution is -0.138. The van der Waals surface area contributed by atoms with Crippen LogP contribution in [0.25, 0.3) is 0 Å². The van der Waals surface area contributed by atoms with Crippen molar-refractivity contribution in [3.8, 4) is 0 Å². The smallest absolute Gasteiger partial charge is 0.389 e. The van der Waals surface area contributed by atoms with Crippen LogP contribution in [0.1, 0.15) is 11.1 Å². The van der Waals surface area contributed by atoms with Gasteiger partial charge in [0, 0.05) is 20.2 Å². The van der Waals surface area contributed by atoms with E-state index in [1.54, 1.807) is 18.0 Å². The van der Waals surface area contributed by atoms with Crippen molar-refractivity contribution < 1.29 is 23.0 Å². The minimum absolute atomic E-state index is 0.121. The van der Waals surface area contributed by atoms with E-state index in [1.165, 1.54) is 19.2 Å². The van der Waals surface area contributed by atoms with Gasteiger partial charge in [0.25, 0.3) is 0 Å². The highest BCUT2D eigenvalue weighted by Crippen LogP contribution is 2.32. The van der Waals surface area contributed by atoms with Crippen molar-refractivity contribution in [2.24, 2.45) is 0 Å². The molecule has 0 saturated carbocycles. The highest BCUT2D eigenvalue weighted by atomic mass is 19.4. The first-order chi connectivity index (χ1) is 8.84. The van der Waals surface area contributed by atoms with Gasteiger partial charge in [-0.05, 0) is 18.7 Å². The van der Waals surface area contributed by atoms with Crippen molar-refractivity contribution in [2.45, 2.75) is 18.8 Å². The average Bonchev–Trinajstić information content (AvgIpc) is 2.28. The van der Waals surface area contributed by atoms with E-state index < -0.39 is 17.8 Å². The average molecular weight is 277 g/mol. The molecule has 0 amide bonds. The summed E-state index contributed by atoms with van der Waals surface area (Å²) in [7, 11) is 3.12. The summed E-state index contributed by atoms with van der Waals surface area (Å²) in [5.41, 5.74) is -0.440. The molecule has 108 valence electrons. The van der Waals surface area contributed by atoms with Gasteiger partial charge in [-0.25, -0.2) is 0 Å². The number of ether oxygens (including phenoxy) is 1. The molecule has 1 N–H and O–H groups in total. The van der Waals surface area contributed by atoms with Crippen LogP contribution in [-0.2, 0) is 17.5 Å². The Morgan fingerprint density at radius 3 is 2.53 bits per heavy atom. The molecule has 3 nitrogen and oxygen atoms in total. The summed E-state index contributed by atoms with van der Waals surface area (Å²) < 4.78 is 43.2. The van der Waals surface area contributed by atoms with Gasteiger partial charge in [0.2, 0.25) is 0 Å². The maximum atomic E-state index is 12.8. The maximum absolute atomic E-state index is 12.8. The molecule has 1 aromatic rings. The summed E-state index contributed by atoms with van der Waals surface area (Å²) in [5, 5.41) is 9.54. The van der Waals surface area contributed by atoms with Crippen LogP contribution in [0.4, 0.5) is 13.2 Å². The third kappa shape index (κ3) is 5.18. The molecule has 0 radical (unpaired) electrons. The van der Waals surface area contributed by atoms with Gasteiger partial charge in [-0.3, -0.25) is 4.90 Å². The van der Waals surface area contributed by atoms with Crippen LogP contribution in [0.3, 0.4) is 0 Å². The minimum Gasteiger partial charge on any atom is -0.389 e. The van der Waals surface area contributed by atoms with Crippen LogP contribution in [0.15, 0.2) is 24.3 Å². The fourth-order valence-electron chi connectivity index (χ4n) is 1.89. The summed E-state index contributed by atoms with van der Waals surface area (Å²) in [5.74, 6) is 0. The first-order valence-electron chi connectivity index (χ1n) is 5.85. The largest absolute Gasteiger partial charge is 0.416 e. The molecule has 1 atom stereocenters. The molecule has 0 aromatic heterocycles. The van der Waals surface area contributed by atoms with E-state index in [2.05, 4.69) is 0 Å². The lowest BCUT2D eigenvalue weighted by Crippen LogP contribution is -2.32. The molecule has 1 aromatic carbocycles. The highest BCUT2D eigenvalue weighted by Gasteiger charge is 2.33. The SMILES string of the molecule is COCC(O)CN(C)Cc1ccccc1C(F)(F)F. The van der Waals surface area contributed by atoms with Crippen LogP contribution < -0.4 is 0 Å². The normalized spacial score (nSPS) is 13.8. The molecule has 0 aliphatic carbocycles. The van der Waals surface area contributed by atoms with E-state index in [0.29, 0.717) is 0 Å². The van der Waals surface area contributed by atoms with E-state index in [4.69, 9.17) is 4.74 Å². The van der Waals surface area contributed by atoms with Gasteiger partial charge in [0.05, 0.1) is 18.3 Å². The van der Waals surface area contributed by atoms with E-state index in [-0.39, 0.29) is 25.3 Å². The van der Waals surface area contributed by atoms with Crippen LogP contribution in [0.5, 0.6) is 0 Å². The molecular weight excluding hydrogens is 259 g/mol. The second-order valence-corrected chi connectivity index (χ2v) is 4.46. The molecule has 0 fully saturated rings. The number of likely N-dealkylation sites (N-methyl/N-ethyl adjacent to an activating group) is 1. The molecule has 0 bridgehead atoms. The third-order valence-corrected chi connectivity index (χ3v) is 2.64. The van der Waals surface area contributed by atoms with Crippen molar-refractivity contribution in [1.29, 1.82) is 0 Å². The zero-order valence-electron chi connectivity index (χ0n) is 10.9. The Morgan fingerprint density at radius 2 is 1.95 bits per heavy atom. The molecule has 1 rings (SSSR count). The summed E-state index contributed by atoms with van der Waals surface area (Å²) in [6, 6.07) is 5.45. The zero-order valence-corrected chi connectivity index (χ0v) is 10.9. The number of alkyl halides is 3. The van der Waals surface area contributed by atoms with Crippen LogP contribution in [0, 0.1) is 0 Å². The fourth-order valence-corrected chi connectivity index (χ4v) is 1.89. The molecule has 0 heterocycles. The summed E-state index contributed by atoms with van der Waals surface area (Å²) in [6.45, 7) is 0.530. The number of rotatable bonds is 6. The van der Waals surface area contributed by atoms with Crippen molar-refractivity contribution in [2.75, 3.05) is 27.3 Å².